The van der Waals surface area contributed by atoms with Crippen molar-refractivity contribution in [3.8, 4) is 5.75 Å². The molecule has 0 radical (unpaired) electrons. The molecule has 0 fully saturated rings. The molecular formula is C20H23NO2. The number of hydrogen-bond donors (Lipinski definition) is 0. The minimum atomic E-state index is -0.443. The summed E-state index contributed by atoms with van der Waals surface area (Å²) in [5.41, 5.74) is 4.46. The van der Waals surface area contributed by atoms with Gasteiger partial charge in [-0.05, 0) is 55.5 Å². The van der Waals surface area contributed by atoms with Crippen molar-refractivity contribution >= 4 is 11.6 Å². The lowest BCUT2D eigenvalue weighted by Crippen LogP contribution is -2.41. The van der Waals surface area contributed by atoms with Crippen molar-refractivity contribution in [2.75, 3.05) is 11.4 Å². The molecule has 2 aromatic carbocycles. The molecule has 0 bridgehead atoms. The maximum absolute atomic E-state index is 12.9. The number of para-hydroxylation sites is 1. The minimum Gasteiger partial charge on any atom is -0.480 e. The van der Waals surface area contributed by atoms with Gasteiger partial charge in [0.15, 0.2) is 6.10 Å². The van der Waals surface area contributed by atoms with Gasteiger partial charge in [-0.1, -0.05) is 37.3 Å². The lowest BCUT2D eigenvalue weighted by Gasteiger charge is -2.24. The third-order valence-electron chi connectivity index (χ3n) is 4.41. The van der Waals surface area contributed by atoms with Crippen molar-refractivity contribution in [2.45, 2.75) is 39.7 Å². The molecule has 0 spiro atoms. The third-order valence-corrected chi connectivity index (χ3v) is 4.41. The number of carbonyl (C=O) groups excluding carboxylic acids is 1. The molecule has 3 rings (SSSR count). The van der Waals surface area contributed by atoms with Crippen LogP contribution in [0.2, 0.25) is 0 Å². The van der Waals surface area contributed by atoms with Gasteiger partial charge < -0.3 is 9.64 Å². The zero-order chi connectivity index (χ0) is 16.4. The van der Waals surface area contributed by atoms with Crippen LogP contribution in [-0.2, 0) is 11.2 Å². The Morgan fingerprint density at radius 3 is 2.78 bits per heavy atom. The number of carbonyl (C=O) groups is 1. The van der Waals surface area contributed by atoms with Gasteiger partial charge in [-0.3, -0.25) is 4.79 Å². The monoisotopic (exact) mass is 309 g/mol. The van der Waals surface area contributed by atoms with Crippen LogP contribution >= 0.6 is 0 Å². The summed E-state index contributed by atoms with van der Waals surface area (Å²) in [5, 5.41) is 0. The van der Waals surface area contributed by atoms with Crippen LogP contribution in [0.25, 0.3) is 0 Å². The van der Waals surface area contributed by atoms with Crippen molar-refractivity contribution in [1.82, 2.24) is 0 Å². The van der Waals surface area contributed by atoms with Gasteiger partial charge in [-0.15, -0.1) is 0 Å². The molecule has 23 heavy (non-hydrogen) atoms. The number of fused-ring (bicyclic) bond motifs is 1. The van der Waals surface area contributed by atoms with E-state index in [9.17, 15) is 4.79 Å². The summed E-state index contributed by atoms with van der Waals surface area (Å²) >= 11 is 0. The number of anilines is 1. The summed E-state index contributed by atoms with van der Waals surface area (Å²) in [6, 6.07) is 14.2. The molecule has 3 nitrogen and oxygen atoms in total. The molecule has 0 aliphatic carbocycles. The fourth-order valence-electron chi connectivity index (χ4n) is 3.04. The quantitative estimate of drug-likeness (QED) is 0.852. The largest absolute Gasteiger partial charge is 0.480 e. The Labute approximate surface area is 137 Å². The van der Waals surface area contributed by atoms with Gasteiger partial charge in [0.1, 0.15) is 5.75 Å². The van der Waals surface area contributed by atoms with Crippen LogP contribution in [0.3, 0.4) is 0 Å². The van der Waals surface area contributed by atoms with E-state index in [4.69, 9.17) is 4.74 Å². The number of ether oxygens (including phenoxy) is 1. The van der Waals surface area contributed by atoms with E-state index in [-0.39, 0.29) is 5.91 Å². The molecule has 1 aliphatic heterocycles. The highest BCUT2D eigenvalue weighted by Crippen LogP contribution is 2.29. The fraction of sp³-hybridized carbons (Fsp3) is 0.350. The van der Waals surface area contributed by atoms with Gasteiger partial charge in [-0.25, -0.2) is 0 Å². The Morgan fingerprint density at radius 1 is 1.22 bits per heavy atom. The second kappa shape index (κ2) is 6.45. The average molecular weight is 309 g/mol. The molecule has 0 unspecified atom stereocenters. The summed E-state index contributed by atoms with van der Waals surface area (Å²) in [4.78, 5) is 14.8. The molecule has 1 atom stereocenters. The molecular weight excluding hydrogens is 286 g/mol. The van der Waals surface area contributed by atoms with Crippen LogP contribution in [0.4, 0.5) is 5.69 Å². The fourth-order valence-corrected chi connectivity index (χ4v) is 3.04. The predicted octanol–water partition coefficient (Wildman–Crippen LogP) is 4.05. The second-order valence-corrected chi connectivity index (χ2v) is 6.15. The van der Waals surface area contributed by atoms with Crippen LogP contribution in [0.5, 0.6) is 5.75 Å². The maximum Gasteiger partial charge on any atom is 0.268 e. The average Bonchev–Trinajstić information content (AvgIpc) is 2.99. The number of rotatable bonds is 4. The number of benzene rings is 2. The first kappa shape index (κ1) is 15.6. The number of hydrogen-bond acceptors (Lipinski definition) is 2. The molecule has 0 saturated carbocycles. The number of aryl methyl sites for hydroxylation is 2. The van der Waals surface area contributed by atoms with Crippen LogP contribution in [0.1, 0.15) is 30.0 Å². The Morgan fingerprint density at radius 2 is 2.00 bits per heavy atom. The van der Waals surface area contributed by atoms with Crippen molar-refractivity contribution < 1.29 is 9.53 Å². The molecule has 1 heterocycles. The molecule has 1 aliphatic rings. The van der Waals surface area contributed by atoms with Crippen LogP contribution < -0.4 is 9.64 Å². The summed E-state index contributed by atoms with van der Waals surface area (Å²) in [7, 11) is 0. The first-order valence-electron chi connectivity index (χ1n) is 8.23. The molecule has 3 heteroatoms. The smallest absolute Gasteiger partial charge is 0.268 e. The maximum atomic E-state index is 12.9. The highest BCUT2D eigenvalue weighted by molar-refractivity contribution is 5.98. The first-order chi connectivity index (χ1) is 11.1. The Balaban J connectivity index is 1.81. The van der Waals surface area contributed by atoms with Gasteiger partial charge in [0.05, 0.1) is 0 Å². The SMILES string of the molecule is CC[C@@H](Oc1cc(C)ccc1C)C(=O)N1CCc2ccccc21. The van der Waals surface area contributed by atoms with Crippen molar-refractivity contribution in [2.24, 2.45) is 0 Å². The van der Waals surface area contributed by atoms with E-state index < -0.39 is 6.10 Å². The van der Waals surface area contributed by atoms with E-state index in [0.717, 1.165) is 35.5 Å². The number of nitrogens with zero attached hydrogens (tertiary/aromatic N) is 1. The van der Waals surface area contributed by atoms with Gasteiger partial charge in [0, 0.05) is 12.2 Å². The van der Waals surface area contributed by atoms with E-state index in [1.807, 2.05) is 56.0 Å². The lowest BCUT2D eigenvalue weighted by molar-refractivity contribution is -0.125. The van der Waals surface area contributed by atoms with Gasteiger partial charge in [0.2, 0.25) is 0 Å². The van der Waals surface area contributed by atoms with Crippen LogP contribution in [0.15, 0.2) is 42.5 Å². The van der Waals surface area contributed by atoms with E-state index in [1.165, 1.54) is 5.56 Å². The summed E-state index contributed by atoms with van der Waals surface area (Å²) < 4.78 is 6.07. The van der Waals surface area contributed by atoms with Crippen molar-refractivity contribution in [3.63, 3.8) is 0 Å². The van der Waals surface area contributed by atoms with Gasteiger partial charge in [-0.2, -0.15) is 0 Å². The summed E-state index contributed by atoms with van der Waals surface area (Å²) in [5.74, 6) is 0.857. The Hall–Kier alpha value is -2.29. The standard InChI is InChI=1S/C20H23NO2/c1-4-18(23-19-13-14(2)9-10-15(19)3)20(22)21-12-11-16-7-5-6-8-17(16)21/h5-10,13,18H,4,11-12H2,1-3H3/t18-/m1/s1. The highest BCUT2D eigenvalue weighted by atomic mass is 16.5. The first-order valence-corrected chi connectivity index (χ1v) is 8.23. The normalized spacial score (nSPS) is 14.5. The highest BCUT2D eigenvalue weighted by Gasteiger charge is 2.30. The van der Waals surface area contributed by atoms with Gasteiger partial charge >= 0.3 is 0 Å². The Bertz CT molecular complexity index is 723. The topological polar surface area (TPSA) is 29.5 Å². The van der Waals surface area contributed by atoms with Gasteiger partial charge in [0.25, 0.3) is 5.91 Å². The second-order valence-electron chi connectivity index (χ2n) is 6.15. The van der Waals surface area contributed by atoms with Crippen molar-refractivity contribution in [3.05, 3.63) is 59.2 Å². The van der Waals surface area contributed by atoms with E-state index in [0.29, 0.717) is 6.42 Å². The third kappa shape index (κ3) is 3.09. The predicted molar refractivity (Wildman–Crippen MR) is 93.1 cm³/mol. The molecule has 0 aromatic heterocycles. The van der Waals surface area contributed by atoms with E-state index in [2.05, 4.69) is 12.1 Å². The minimum absolute atomic E-state index is 0.0540. The molecule has 120 valence electrons. The summed E-state index contributed by atoms with van der Waals surface area (Å²) in [6.45, 7) is 6.78. The zero-order valence-electron chi connectivity index (χ0n) is 14.0. The Kier molecular flexibility index (Phi) is 4.37. The van der Waals surface area contributed by atoms with E-state index in [1.54, 1.807) is 0 Å². The lowest BCUT2D eigenvalue weighted by atomic mass is 10.1. The van der Waals surface area contributed by atoms with E-state index >= 15 is 0 Å². The molecule has 1 amide bonds. The number of amides is 1. The molecule has 0 saturated heterocycles. The molecule has 0 N–H and O–H groups in total. The van der Waals surface area contributed by atoms with Crippen molar-refractivity contribution in [1.29, 1.82) is 0 Å². The molecule has 2 aromatic rings. The zero-order valence-corrected chi connectivity index (χ0v) is 14.0. The van der Waals surface area contributed by atoms with Crippen LogP contribution in [-0.4, -0.2) is 18.6 Å². The van der Waals surface area contributed by atoms with Crippen LogP contribution in [0, 0.1) is 13.8 Å². The summed E-state index contributed by atoms with van der Waals surface area (Å²) in [6.07, 6.45) is 1.13.